The quantitative estimate of drug-likeness (QED) is 0.505. The maximum atomic E-state index is 11.8. The van der Waals surface area contributed by atoms with E-state index < -0.39 is 0 Å². The van der Waals surface area contributed by atoms with Crippen molar-refractivity contribution in [3.05, 3.63) is 0 Å². The number of likely N-dealkylation sites (tertiary alicyclic amines) is 1. The Bertz CT molecular complexity index is 289. The van der Waals surface area contributed by atoms with E-state index in [1.54, 1.807) is 0 Å². The lowest BCUT2D eigenvalue weighted by molar-refractivity contribution is -0.140. The first-order valence-corrected chi connectivity index (χ1v) is 5.44. The van der Waals surface area contributed by atoms with Gasteiger partial charge in [-0.1, -0.05) is 6.92 Å². The van der Waals surface area contributed by atoms with E-state index in [2.05, 4.69) is 6.92 Å². The summed E-state index contributed by atoms with van der Waals surface area (Å²) in [5.41, 5.74) is 0. The second-order valence-electron chi connectivity index (χ2n) is 4.57. The maximum Gasteiger partial charge on any atom is 0.233 e. The van der Waals surface area contributed by atoms with Crippen molar-refractivity contribution in [2.75, 3.05) is 6.54 Å². The van der Waals surface area contributed by atoms with Gasteiger partial charge < -0.3 is 4.79 Å². The first kappa shape index (κ1) is 10.3. The fourth-order valence-electron chi connectivity index (χ4n) is 2.75. The normalized spacial score (nSPS) is 34.7. The number of imide groups is 1. The van der Waals surface area contributed by atoms with Crippen LogP contribution >= 0.6 is 0 Å². The third kappa shape index (κ3) is 1.58. The smallest absolute Gasteiger partial charge is 0.233 e. The average Bonchev–Trinajstić information content (AvgIpc) is 2.67. The molecular weight excluding hydrogens is 194 g/mol. The van der Waals surface area contributed by atoms with Crippen molar-refractivity contribution in [3.63, 3.8) is 0 Å². The molecule has 1 heterocycles. The van der Waals surface area contributed by atoms with Crippen LogP contribution in [0.2, 0.25) is 0 Å². The number of aldehydes is 1. The summed E-state index contributed by atoms with van der Waals surface area (Å²) in [5.74, 6) is 0.159. The van der Waals surface area contributed by atoms with Crippen molar-refractivity contribution in [1.82, 2.24) is 4.90 Å². The van der Waals surface area contributed by atoms with E-state index in [0.29, 0.717) is 5.92 Å². The molecule has 0 aromatic rings. The molecule has 2 aliphatic rings. The van der Waals surface area contributed by atoms with E-state index in [-0.39, 0.29) is 36.6 Å². The van der Waals surface area contributed by atoms with Gasteiger partial charge in [-0.3, -0.25) is 14.5 Å². The van der Waals surface area contributed by atoms with Crippen LogP contribution < -0.4 is 0 Å². The largest absolute Gasteiger partial charge is 0.303 e. The lowest BCUT2D eigenvalue weighted by atomic mass is 10.00. The fourth-order valence-corrected chi connectivity index (χ4v) is 2.75. The van der Waals surface area contributed by atoms with Gasteiger partial charge in [-0.2, -0.15) is 0 Å². The Labute approximate surface area is 88.6 Å². The summed E-state index contributed by atoms with van der Waals surface area (Å²) in [5, 5.41) is 0. The summed E-state index contributed by atoms with van der Waals surface area (Å²) in [7, 11) is 0. The second kappa shape index (κ2) is 3.76. The number of amides is 2. The first-order valence-electron chi connectivity index (χ1n) is 5.44. The van der Waals surface area contributed by atoms with Crippen LogP contribution in [0.3, 0.4) is 0 Å². The van der Waals surface area contributed by atoms with Gasteiger partial charge in [0, 0.05) is 13.0 Å². The van der Waals surface area contributed by atoms with Gasteiger partial charge in [-0.15, -0.1) is 0 Å². The molecule has 1 saturated heterocycles. The van der Waals surface area contributed by atoms with Crippen LogP contribution in [0.4, 0.5) is 0 Å². The van der Waals surface area contributed by atoms with Gasteiger partial charge in [0.25, 0.3) is 0 Å². The Morgan fingerprint density at radius 2 is 1.80 bits per heavy atom. The fraction of sp³-hybridized carbons (Fsp3) is 0.727. The molecule has 2 atom stereocenters. The molecule has 2 fully saturated rings. The van der Waals surface area contributed by atoms with Gasteiger partial charge in [0.15, 0.2) is 0 Å². The molecule has 2 amide bonds. The van der Waals surface area contributed by atoms with E-state index in [4.69, 9.17) is 0 Å². The maximum absolute atomic E-state index is 11.8. The molecule has 4 heteroatoms. The summed E-state index contributed by atoms with van der Waals surface area (Å²) in [4.78, 5) is 35.2. The summed E-state index contributed by atoms with van der Waals surface area (Å²) >= 11 is 0. The Morgan fingerprint density at radius 3 is 2.27 bits per heavy atom. The van der Waals surface area contributed by atoms with Crippen LogP contribution in [0, 0.1) is 17.8 Å². The molecule has 1 aliphatic carbocycles. The zero-order chi connectivity index (χ0) is 11.0. The van der Waals surface area contributed by atoms with Gasteiger partial charge in [-0.05, 0) is 18.8 Å². The molecule has 2 rings (SSSR count). The number of fused-ring (bicyclic) bond motifs is 1. The van der Waals surface area contributed by atoms with Crippen molar-refractivity contribution in [2.24, 2.45) is 17.8 Å². The Kier molecular flexibility index (Phi) is 2.59. The molecule has 0 bridgehead atoms. The van der Waals surface area contributed by atoms with Crippen LogP contribution in [0.5, 0.6) is 0 Å². The molecule has 15 heavy (non-hydrogen) atoms. The molecular formula is C11H15NO3. The van der Waals surface area contributed by atoms with E-state index >= 15 is 0 Å². The van der Waals surface area contributed by atoms with Crippen LogP contribution in [0.1, 0.15) is 26.2 Å². The predicted molar refractivity (Wildman–Crippen MR) is 52.8 cm³/mol. The van der Waals surface area contributed by atoms with E-state index in [1.807, 2.05) is 0 Å². The van der Waals surface area contributed by atoms with Crippen molar-refractivity contribution in [3.8, 4) is 0 Å². The molecule has 1 aliphatic heterocycles. The Morgan fingerprint density at radius 1 is 1.27 bits per heavy atom. The highest BCUT2D eigenvalue weighted by Gasteiger charge is 2.51. The molecule has 0 aromatic heterocycles. The van der Waals surface area contributed by atoms with Crippen LogP contribution in [-0.2, 0) is 14.4 Å². The average molecular weight is 209 g/mol. The first-order chi connectivity index (χ1) is 7.15. The minimum absolute atomic E-state index is 0.0591. The SMILES string of the molecule is CC1CC2C(=O)N(CCC=O)C(=O)C2C1. The van der Waals surface area contributed by atoms with Gasteiger partial charge in [0.2, 0.25) is 11.8 Å². The third-order valence-electron chi connectivity index (χ3n) is 3.44. The highest BCUT2D eigenvalue weighted by Crippen LogP contribution is 2.42. The zero-order valence-electron chi connectivity index (χ0n) is 8.81. The molecule has 0 N–H and O–H groups in total. The van der Waals surface area contributed by atoms with Crippen LogP contribution in [0.25, 0.3) is 0 Å². The third-order valence-corrected chi connectivity index (χ3v) is 3.44. The highest BCUT2D eigenvalue weighted by molar-refractivity contribution is 6.05. The van der Waals surface area contributed by atoms with Gasteiger partial charge in [-0.25, -0.2) is 0 Å². The number of rotatable bonds is 3. The minimum Gasteiger partial charge on any atom is -0.303 e. The molecule has 1 saturated carbocycles. The summed E-state index contributed by atoms with van der Waals surface area (Å²) in [6.45, 7) is 2.34. The highest BCUT2D eigenvalue weighted by atomic mass is 16.2. The van der Waals surface area contributed by atoms with E-state index in [1.165, 1.54) is 4.90 Å². The standard InChI is InChI=1S/C11H15NO3/c1-7-5-8-9(6-7)11(15)12(10(8)14)3-2-4-13/h4,7-9H,2-3,5-6H2,1H3. The number of carbonyl (C=O) groups excluding carboxylic acids is 3. The van der Waals surface area contributed by atoms with E-state index in [0.717, 1.165) is 19.1 Å². The molecule has 2 unspecified atom stereocenters. The van der Waals surface area contributed by atoms with Gasteiger partial charge in [0.1, 0.15) is 6.29 Å². The molecule has 4 nitrogen and oxygen atoms in total. The zero-order valence-corrected chi connectivity index (χ0v) is 8.81. The molecule has 0 spiro atoms. The van der Waals surface area contributed by atoms with Crippen molar-refractivity contribution in [1.29, 1.82) is 0 Å². The van der Waals surface area contributed by atoms with Gasteiger partial charge in [0.05, 0.1) is 11.8 Å². The van der Waals surface area contributed by atoms with Crippen molar-refractivity contribution in [2.45, 2.75) is 26.2 Å². The van der Waals surface area contributed by atoms with Crippen LogP contribution in [-0.4, -0.2) is 29.5 Å². The lowest BCUT2D eigenvalue weighted by Crippen LogP contribution is -2.33. The summed E-state index contributed by atoms with van der Waals surface area (Å²) in [6, 6.07) is 0. The Balaban J connectivity index is 2.09. The van der Waals surface area contributed by atoms with Crippen LogP contribution in [0.15, 0.2) is 0 Å². The second-order valence-corrected chi connectivity index (χ2v) is 4.57. The number of carbonyl (C=O) groups is 3. The number of nitrogens with zero attached hydrogens (tertiary/aromatic N) is 1. The Hall–Kier alpha value is -1.19. The number of hydrogen-bond acceptors (Lipinski definition) is 3. The number of hydrogen-bond donors (Lipinski definition) is 0. The van der Waals surface area contributed by atoms with Crippen molar-refractivity contribution < 1.29 is 14.4 Å². The van der Waals surface area contributed by atoms with E-state index in [9.17, 15) is 14.4 Å². The van der Waals surface area contributed by atoms with Gasteiger partial charge >= 0.3 is 0 Å². The summed E-state index contributed by atoms with van der Waals surface area (Å²) < 4.78 is 0. The molecule has 0 aromatic carbocycles. The topological polar surface area (TPSA) is 54.5 Å². The predicted octanol–water partition coefficient (Wildman–Crippen LogP) is 0.606. The van der Waals surface area contributed by atoms with Crippen molar-refractivity contribution >= 4 is 18.1 Å². The molecule has 82 valence electrons. The monoisotopic (exact) mass is 209 g/mol. The molecule has 0 radical (unpaired) electrons. The minimum atomic E-state index is -0.0980. The lowest BCUT2D eigenvalue weighted by Gasteiger charge is -2.14. The summed E-state index contributed by atoms with van der Waals surface area (Å²) in [6.07, 6.45) is 2.66.